The third kappa shape index (κ3) is 7.64. The van der Waals surface area contributed by atoms with E-state index in [2.05, 4.69) is 0 Å². The van der Waals surface area contributed by atoms with E-state index in [9.17, 15) is 30.0 Å². The highest BCUT2D eigenvalue weighted by molar-refractivity contribution is 5.88. The van der Waals surface area contributed by atoms with Gasteiger partial charge < -0.3 is 39.4 Å². The molecule has 0 radical (unpaired) electrons. The fraction of sp³-hybridized carbons (Fsp3) is 0.353. The molecule has 0 unspecified atom stereocenters. The molecule has 6 atom stereocenters. The van der Waals surface area contributed by atoms with E-state index in [0.29, 0.717) is 22.6 Å². The Kier molecular flexibility index (Phi) is 10.8. The summed E-state index contributed by atoms with van der Waals surface area (Å²) in [7, 11) is 3.17. The lowest BCUT2D eigenvalue weighted by molar-refractivity contribution is -0.163. The average Bonchev–Trinajstić information content (AvgIpc) is 3.06. The molecule has 10 nitrogen and oxygen atoms in total. The summed E-state index contributed by atoms with van der Waals surface area (Å²) in [5.41, 5.74) is 1.39. The van der Waals surface area contributed by atoms with Crippen LogP contribution in [0.4, 0.5) is 0 Å². The van der Waals surface area contributed by atoms with Gasteiger partial charge in [0.05, 0.1) is 26.1 Å². The number of esters is 2. The number of carbonyl (C=O) groups excluding carboxylic acids is 2. The predicted octanol–water partition coefficient (Wildman–Crippen LogP) is 3.45. The molecule has 4 aromatic carbocycles. The summed E-state index contributed by atoms with van der Waals surface area (Å²) in [6, 6.07) is 22.2. The zero-order chi connectivity index (χ0) is 32.0. The van der Waals surface area contributed by atoms with E-state index in [0.717, 1.165) is 21.5 Å². The first-order valence-corrected chi connectivity index (χ1v) is 14.2. The fourth-order valence-electron chi connectivity index (χ4n) is 4.79. The van der Waals surface area contributed by atoms with Crippen molar-refractivity contribution < 1.29 is 49.0 Å². The number of benzene rings is 4. The molecule has 0 bridgehead atoms. The van der Waals surface area contributed by atoms with Gasteiger partial charge >= 0.3 is 11.9 Å². The van der Waals surface area contributed by atoms with Gasteiger partial charge in [-0.05, 0) is 70.8 Å². The van der Waals surface area contributed by atoms with Crippen molar-refractivity contribution in [2.75, 3.05) is 27.4 Å². The summed E-state index contributed by atoms with van der Waals surface area (Å²) in [5, 5.41) is 45.1. The lowest BCUT2D eigenvalue weighted by Gasteiger charge is -2.26. The lowest BCUT2D eigenvalue weighted by atomic mass is 9.97. The smallest absolute Gasteiger partial charge is 0.313 e. The molecule has 0 saturated heterocycles. The molecular formula is C34H38O10. The van der Waals surface area contributed by atoms with Crippen molar-refractivity contribution in [1.29, 1.82) is 0 Å². The molecule has 0 aliphatic rings. The predicted molar refractivity (Wildman–Crippen MR) is 164 cm³/mol. The number of carbonyl (C=O) groups is 2. The van der Waals surface area contributed by atoms with E-state index in [1.54, 1.807) is 40.2 Å². The molecule has 0 aliphatic carbocycles. The average molecular weight is 607 g/mol. The molecule has 0 aliphatic heterocycles. The van der Waals surface area contributed by atoms with Crippen LogP contribution in [0.25, 0.3) is 21.5 Å². The molecule has 44 heavy (non-hydrogen) atoms. The van der Waals surface area contributed by atoms with Gasteiger partial charge in [0, 0.05) is 0 Å². The molecule has 0 saturated carbocycles. The largest absolute Gasteiger partial charge is 0.497 e. The van der Waals surface area contributed by atoms with Gasteiger partial charge in [-0.2, -0.15) is 0 Å². The minimum atomic E-state index is -1.88. The summed E-state index contributed by atoms with van der Waals surface area (Å²) in [6.07, 6.45) is -7.16. The molecule has 0 amide bonds. The molecule has 0 spiro atoms. The van der Waals surface area contributed by atoms with Crippen LogP contribution in [0, 0.1) is 0 Å². The first kappa shape index (κ1) is 32.7. The summed E-state index contributed by atoms with van der Waals surface area (Å²) < 4.78 is 20.8. The zero-order valence-electron chi connectivity index (χ0n) is 25.0. The Labute approximate surface area is 255 Å². The standard InChI is InChI=1S/C34H38O10/c1-19(21-5-7-25-15-27(41-3)11-9-23(25)13-21)33(39)43-17-29(35)31(37)32(38)30(36)18-44-34(40)20(2)22-6-8-26-16-28(42-4)12-10-24(26)14-22/h5-16,19-20,29-32,35-38H,17-18H2,1-4H3/t19-,20-,29+,30+,31+,32+/m0/s1. The summed E-state index contributed by atoms with van der Waals surface area (Å²) in [5.74, 6) is -1.20. The first-order chi connectivity index (χ1) is 21.0. The van der Waals surface area contributed by atoms with Crippen LogP contribution in [0.2, 0.25) is 0 Å². The molecule has 4 aromatic rings. The number of aliphatic hydroxyl groups is 4. The number of hydrogen-bond donors (Lipinski definition) is 4. The van der Waals surface area contributed by atoms with Gasteiger partial charge in [0.2, 0.25) is 0 Å². The number of rotatable bonds is 13. The molecule has 10 heteroatoms. The van der Waals surface area contributed by atoms with Crippen LogP contribution in [0.3, 0.4) is 0 Å². The minimum absolute atomic E-state index is 0.621. The fourth-order valence-corrected chi connectivity index (χ4v) is 4.79. The topological polar surface area (TPSA) is 152 Å². The van der Waals surface area contributed by atoms with Crippen molar-refractivity contribution in [3.63, 3.8) is 0 Å². The van der Waals surface area contributed by atoms with Crippen molar-refractivity contribution in [1.82, 2.24) is 0 Å². The van der Waals surface area contributed by atoms with Gasteiger partial charge in [0.25, 0.3) is 0 Å². The highest BCUT2D eigenvalue weighted by Crippen LogP contribution is 2.27. The van der Waals surface area contributed by atoms with E-state index in [1.165, 1.54) is 0 Å². The second-order valence-corrected chi connectivity index (χ2v) is 10.8. The van der Waals surface area contributed by atoms with Crippen LogP contribution in [0.1, 0.15) is 36.8 Å². The van der Waals surface area contributed by atoms with E-state index in [-0.39, 0.29) is 0 Å². The molecule has 4 rings (SSSR count). The summed E-state index contributed by atoms with van der Waals surface area (Å²) in [4.78, 5) is 25.3. The van der Waals surface area contributed by atoms with Gasteiger partial charge in [-0.25, -0.2) is 0 Å². The van der Waals surface area contributed by atoms with E-state index in [1.807, 2.05) is 60.7 Å². The highest BCUT2D eigenvalue weighted by atomic mass is 16.6. The third-order valence-electron chi connectivity index (χ3n) is 7.78. The molecule has 4 N–H and O–H groups in total. The second kappa shape index (κ2) is 14.5. The summed E-state index contributed by atoms with van der Waals surface area (Å²) in [6.45, 7) is 2.06. The van der Waals surface area contributed by atoms with Crippen molar-refractivity contribution in [2.45, 2.75) is 50.1 Å². The van der Waals surface area contributed by atoms with E-state index < -0.39 is 61.4 Å². The Balaban J connectivity index is 1.25. The number of methoxy groups -OCH3 is 2. The molecule has 0 heterocycles. The van der Waals surface area contributed by atoms with Crippen LogP contribution >= 0.6 is 0 Å². The number of hydrogen-bond acceptors (Lipinski definition) is 10. The summed E-state index contributed by atoms with van der Waals surface area (Å²) >= 11 is 0. The van der Waals surface area contributed by atoms with Gasteiger partial charge in [-0.1, -0.05) is 48.5 Å². The van der Waals surface area contributed by atoms with Crippen LogP contribution in [-0.4, -0.2) is 84.2 Å². The van der Waals surface area contributed by atoms with Crippen LogP contribution < -0.4 is 9.47 Å². The SMILES string of the molecule is COc1ccc2cc([C@H](C)C(=O)OC[C@@H](O)[C@@H](O)[C@H](O)[C@H](O)COC(=O)[C@@H](C)c3ccc4cc(OC)ccc4c3)ccc2c1. The van der Waals surface area contributed by atoms with Crippen molar-refractivity contribution >= 4 is 33.5 Å². The Morgan fingerprint density at radius 2 is 0.909 bits per heavy atom. The quantitative estimate of drug-likeness (QED) is 0.167. The van der Waals surface area contributed by atoms with Crippen LogP contribution in [0.5, 0.6) is 11.5 Å². The maximum atomic E-state index is 12.7. The van der Waals surface area contributed by atoms with E-state index >= 15 is 0 Å². The molecule has 0 aromatic heterocycles. The van der Waals surface area contributed by atoms with Crippen molar-refractivity contribution in [3.05, 3.63) is 83.9 Å². The number of aliphatic hydroxyl groups excluding tert-OH is 4. The van der Waals surface area contributed by atoms with Gasteiger partial charge in [-0.15, -0.1) is 0 Å². The Bertz CT molecular complexity index is 1480. The Hall–Kier alpha value is -4.22. The number of ether oxygens (including phenoxy) is 4. The van der Waals surface area contributed by atoms with Crippen molar-refractivity contribution in [3.8, 4) is 11.5 Å². The maximum Gasteiger partial charge on any atom is 0.313 e. The highest BCUT2D eigenvalue weighted by Gasteiger charge is 2.33. The second-order valence-electron chi connectivity index (χ2n) is 10.8. The maximum absolute atomic E-state index is 12.7. The number of fused-ring (bicyclic) bond motifs is 2. The Morgan fingerprint density at radius 3 is 1.27 bits per heavy atom. The van der Waals surface area contributed by atoms with Gasteiger partial charge in [-0.3, -0.25) is 9.59 Å². The third-order valence-corrected chi connectivity index (χ3v) is 7.78. The van der Waals surface area contributed by atoms with E-state index in [4.69, 9.17) is 18.9 Å². The molecular weight excluding hydrogens is 568 g/mol. The zero-order valence-corrected chi connectivity index (χ0v) is 25.0. The molecule has 0 fully saturated rings. The normalized spacial score (nSPS) is 15.5. The first-order valence-electron chi connectivity index (χ1n) is 14.2. The van der Waals surface area contributed by atoms with Crippen LogP contribution in [0.15, 0.2) is 72.8 Å². The monoisotopic (exact) mass is 606 g/mol. The van der Waals surface area contributed by atoms with Crippen molar-refractivity contribution in [2.24, 2.45) is 0 Å². The van der Waals surface area contributed by atoms with Gasteiger partial charge in [0.15, 0.2) is 0 Å². The minimum Gasteiger partial charge on any atom is -0.497 e. The Morgan fingerprint density at radius 1 is 0.568 bits per heavy atom. The lowest BCUT2D eigenvalue weighted by Crippen LogP contribution is -2.48. The van der Waals surface area contributed by atoms with Gasteiger partial charge in [0.1, 0.15) is 49.1 Å². The van der Waals surface area contributed by atoms with Crippen LogP contribution in [-0.2, 0) is 19.1 Å². The molecule has 234 valence electrons.